The van der Waals surface area contributed by atoms with E-state index >= 15 is 0 Å². The summed E-state index contributed by atoms with van der Waals surface area (Å²) in [5, 5.41) is 18.3. The van der Waals surface area contributed by atoms with E-state index in [9.17, 15) is 0 Å². The normalized spacial score (nSPS) is 9.66. The van der Waals surface area contributed by atoms with E-state index in [-0.39, 0.29) is 30.9 Å². The summed E-state index contributed by atoms with van der Waals surface area (Å²) in [6, 6.07) is 32.5. The minimum Gasteiger partial charge on any atom is -0.805 e. The molecule has 5 rings (SSSR count). The van der Waals surface area contributed by atoms with Gasteiger partial charge in [0.15, 0.2) is 0 Å². The Morgan fingerprint density at radius 3 is 1.31 bits per heavy atom. The third-order valence-electron chi connectivity index (χ3n) is 5.22. The molecule has 4 nitrogen and oxygen atoms in total. The molecule has 0 unspecified atom stereocenters. The second-order valence-electron chi connectivity index (χ2n) is 7.19. The third-order valence-corrected chi connectivity index (χ3v) is 5.63. The van der Waals surface area contributed by atoms with Crippen LogP contribution >= 0.6 is 0 Å². The van der Waals surface area contributed by atoms with E-state index in [4.69, 9.17) is 10.5 Å². The minimum atomic E-state index is -0.157. The average Bonchev–Trinajstić information content (AvgIpc) is 2.90. The van der Waals surface area contributed by atoms with Crippen molar-refractivity contribution >= 4 is 47.1 Å². The van der Waals surface area contributed by atoms with Gasteiger partial charge in [0.1, 0.15) is 12.1 Å². The maximum Gasteiger partial charge on any atom is 2.00 e. The summed E-state index contributed by atoms with van der Waals surface area (Å²) in [5.41, 5.74) is 6.49. The van der Waals surface area contributed by atoms with Gasteiger partial charge < -0.3 is 29.5 Å². The number of benzene rings is 3. The van der Waals surface area contributed by atoms with E-state index in [1.165, 1.54) is 22.3 Å². The van der Waals surface area contributed by atoms with Gasteiger partial charge in [0, 0.05) is 23.2 Å². The molecule has 0 aliphatic rings. The van der Waals surface area contributed by atoms with E-state index in [1.807, 2.05) is 24.5 Å². The molecular weight excluding hydrogens is 652 g/mol. The number of nitriles is 2. The van der Waals surface area contributed by atoms with Crippen molar-refractivity contribution < 1.29 is 21.1 Å². The zero-order valence-electron chi connectivity index (χ0n) is 18.2. The van der Waals surface area contributed by atoms with Crippen LogP contribution in [0.3, 0.4) is 0 Å². The number of aromatic nitrogens is 2. The molecule has 2 aromatic heterocycles. The molecule has 0 N–H and O–H groups in total. The molecule has 0 radical (unpaired) electrons. The number of rotatable bonds is 2. The summed E-state index contributed by atoms with van der Waals surface area (Å²) < 4.78 is -0.0602. The van der Waals surface area contributed by atoms with Crippen molar-refractivity contribution in [2.75, 3.05) is 0 Å². The van der Waals surface area contributed by atoms with Crippen molar-refractivity contribution in [2.24, 2.45) is 0 Å². The van der Waals surface area contributed by atoms with Gasteiger partial charge in [0.25, 0.3) is 0 Å². The van der Waals surface area contributed by atoms with E-state index in [2.05, 4.69) is 108 Å². The standard InChI is InChI=1S/C24H16N2.C4H2N2S2.Pt/c1-3-7-17(8-4-1)19-13-15-25-23-21(19)11-12-22-20(14-16-26-24(22)23)18-9-5-2-6-10-18;5-1-3(2-6)4(7)8;/h1-16H;7-8H;/q;;+2/p-2. The zero-order valence-corrected chi connectivity index (χ0v) is 22.1. The fourth-order valence-electron chi connectivity index (χ4n) is 3.68. The predicted octanol–water partition coefficient (Wildman–Crippen LogP) is 6.45. The molecule has 5 aromatic rings. The molecule has 0 amide bonds. The summed E-state index contributed by atoms with van der Waals surface area (Å²) in [7, 11) is 0. The van der Waals surface area contributed by atoms with Crippen LogP contribution < -0.4 is 0 Å². The molecule has 170 valence electrons. The summed E-state index contributed by atoms with van der Waals surface area (Å²) in [5.74, 6) is 0. The Bertz CT molecular complexity index is 1470. The zero-order chi connectivity index (χ0) is 23.9. The van der Waals surface area contributed by atoms with Crippen LogP contribution in [0.4, 0.5) is 0 Å². The Labute approximate surface area is 229 Å². The Hall–Kier alpha value is -3.67. The van der Waals surface area contributed by atoms with Crippen molar-refractivity contribution in [3.63, 3.8) is 0 Å². The van der Waals surface area contributed by atoms with Gasteiger partial charge in [0.05, 0.1) is 16.6 Å². The Morgan fingerprint density at radius 2 is 1.00 bits per heavy atom. The van der Waals surface area contributed by atoms with E-state index in [0.29, 0.717) is 0 Å². The first-order valence-corrected chi connectivity index (χ1v) is 11.1. The number of nitrogens with zero attached hydrogens (tertiary/aromatic N) is 4. The van der Waals surface area contributed by atoms with Gasteiger partial charge in [-0.15, -0.1) is 0 Å². The van der Waals surface area contributed by atoms with Crippen molar-refractivity contribution in [3.05, 3.63) is 107 Å². The third kappa shape index (κ3) is 5.70. The molecule has 7 heteroatoms. The smallest absolute Gasteiger partial charge is 0.805 e. The Balaban J connectivity index is 0.000000332. The van der Waals surface area contributed by atoms with Gasteiger partial charge in [-0.3, -0.25) is 9.97 Å². The molecule has 0 spiro atoms. The van der Waals surface area contributed by atoms with Crippen LogP contribution in [0, 0.1) is 22.7 Å². The quantitative estimate of drug-likeness (QED) is 0.122. The Kier molecular flexibility index (Phi) is 9.01. The maximum atomic E-state index is 8.03. The summed E-state index contributed by atoms with van der Waals surface area (Å²) in [6.45, 7) is 0. The van der Waals surface area contributed by atoms with Gasteiger partial charge in [-0.05, 0) is 34.4 Å². The largest absolute Gasteiger partial charge is 2.00 e. The van der Waals surface area contributed by atoms with Crippen molar-refractivity contribution in [2.45, 2.75) is 0 Å². The molecule has 3 aromatic carbocycles. The van der Waals surface area contributed by atoms with E-state index in [1.54, 1.807) is 12.1 Å². The molecule has 35 heavy (non-hydrogen) atoms. The molecule has 0 bridgehead atoms. The van der Waals surface area contributed by atoms with E-state index in [0.717, 1.165) is 21.8 Å². The monoisotopic (exact) mass is 667 g/mol. The summed E-state index contributed by atoms with van der Waals surface area (Å²) in [4.78, 5) is 9.34. The first-order chi connectivity index (χ1) is 16.6. The van der Waals surface area contributed by atoms with Crippen molar-refractivity contribution in [3.8, 4) is 34.4 Å². The molecule has 0 aliphatic heterocycles. The molecule has 0 atom stereocenters. The first kappa shape index (κ1) is 25.9. The molecular formula is C28H16N4PtS2. The van der Waals surface area contributed by atoms with Crippen molar-refractivity contribution in [1.82, 2.24) is 9.97 Å². The number of pyridine rings is 2. The number of hydrogen-bond donors (Lipinski definition) is 0. The SMILES string of the molecule is N#CC(C#N)=C([S-])[S-].[Pt+2].c1ccc(-c2ccnc3c2ccc2c(-c4ccccc4)ccnc23)cc1. The number of allylic oxidation sites excluding steroid dienone is 1. The molecule has 0 aliphatic carbocycles. The topological polar surface area (TPSA) is 73.4 Å². The van der Waals surface area contributed by atoms with Crippen LogP contribution in [0.5, 0.6) is 0 Å². The predicted molar refractivity (Wildman–Crippen MR) is 141 cm³/mol. The second kappa shape index (κ2) is 12.2. The maximum absolute atomic E-state index is 8.03. The molecule has 0 fully saturated rings. The second-order valence-corrected chi connectivity index (χ2v) is 8.27. The van der Waals surface area contributed by atoms with Gasteiger partial charge in [0.2, 0.25) is 0 Å². The fourth-order valence-corrected chi connectivity index (χ4v) is 3.87. The van der Waals surface area contributed by atoms with Crippen LogP contribution in [-0.2, 0) is 46.3 Å². The van der Waals surface area contributed by atoms with Gasteiger partial charge in [-0.1, -0.05) is 72.8 Å². The van der Waals surface area contributed by atoms with Crippen LogP contribution in [0.2, 0.25) is 0 Å². The molecule has 0 saturated heterocycles. The van der Waals surface area contributed by atoms with Crippen LogP contribution in [0.1, 0.15) is 0 Å². The van der Waals surface area contributed by atoms with Gasteiger partial charge >= 0.3 is 21.1 Å². The van der Waals surface area contributed by atoms with Crippen molar-refractivity contribution in [1.29, 1.82) is 10.5 Å². The average molecular weight is 668 g/mol. The van der Waals surface area contributed by atoms with Crippen LogP contribution in [-0.4, -0.2) is 9.97 Å². The fraction of sp³-hybridized carbons (Fsp3) is 0. The number of hydrogen-bond acceptors (Lipinski definition) is 6. The summed E-state index contributed by atoms with van der Waals surface area (Å²) >= 11 is 8.70. The molecule has 0 saturated carbocycles. The summed E-state index contributed by atoms with van der Waals surface area (Å²) in [6.07, 6.45) is 3.75. The Morgan fingerprint density at radius 1 is 0.600 bits per heavy atom. The van der Waals surface area contributed by atoms with E-state index < -0.39 is 0 Å². The number of fused-ring (bicyclic) bond motifs is 3. The minimum absolute atomic E-state index is 0. The van der Waals surface area contributed by atoms with Gasteiger partial charge in [-0.2, -0.15) is 10.5 Å². The van der Waals surface area contributed by atoms with Crippen LogP contribution in [0.25, 0.3) is 44.1 Å². The van der Waals surface area contributed by atoms with Gasteiger partial charge in [-0.25, -0.2) is 0 Å². The van der Waals surface area contributed by atoms with Crippen LogP contribution in [0.15, 0.2) is 107 Å². The molecule has 2 heterocycles. The first-order valence-electron chi connectivity index (χ1n) is 10.3.